The summed E-state index contributed by atoms with van der Waals surface area (Å²) in [6.07, 6.45) is 6.52. The van der Waals surface area contributed by atoms with Crippen LogP contribution >= 0.6 is 0 Å². The van der Waals surface area contributed by atoms with Crippen LogP contribution in [-0.4, -0.2) is 34.7 Å². The first-order valence-electron chi connectivity index (χ1n) is 8.38. The zero-order valence-corrected chi connectivity index (χ0v) is 12.9. The van der Waals surface area contributed by atoms with E-state index in [4.69, 9.17) is 0 Å². The Hall–Kier alpha value is -1.54. The number of carbonyl (C=O) groups is 1. The minimum atomic E-state index is -0.680. The fourth-order valence-corrected chi connectivity index (χ4v) is 4.58. The van der Waals surface area contributed by atoms with E-state index in [0.29, 0.717) is 11.8 Å². The third-order valence-corrected chi connectivity index (χ3v) is 5.67. The summed E-state index contributed by atoms with van der Waals surface area (Å²) in [6, 6.07) is 4.52. The average molecular weight is 317 g/mol. The second kappa shape index (κ2) is 6.16. The number of nitrogens with zero attached hydrogens (tertiary/aromatic N) is 1. The van der Waals surface area contributed by atoms with Crippen LogP contribution in [0.15, 0.2) is 24.5 Å². The maximum absolute atomic E-state index is 11.5. The Labute approximate surface area is 135 Å². The van der Waals surface area contributed by atoms with Gasteiger partial charge >= 0.3 is 5.97 Å². The van der Waals surface area contributed by atoms with Crippen molar-refractivity contribution in [1.29, 1.82) is 0 Å². The predicted octanol–water partition coefficient (Wildman–Crippen LogP) is 0.193. The molecule has 1 aromatic rings. The summed E-state index contributed by atoms with van der Waals surface area (Å²) in [6.45, 7) is 0.861. The van der Waals surface area contributed by atoms with Gasteiger partial charge in [0.2, 0.25) is 0 Å². The molecule has 7 heteroatoms. The molecule has 2 saturated heterocycles. The molecule has 2 aliphatic heterocycles. The highest BCUT2D eigenvalue weighted by Crippen LogP contribution is 2.40. The number of carboxylic acid groups (broad SMARTS) is 1. The summed E-state index contributed by atoms with van der Waals surface area (Å²) in [4.78, 5) is 15.7. The normalized spacial score (nSPS) is 40.0. The number of aromatic nitrogens is 1. The summed E-state index contributed by atoms with van der Waals surface area (Å²) in [5, 5.41) is 9.47. The van der Waals surface area contributed by atoms with E-state index in [9.17, 15) is 9.90 Å². The number of aliphatic carboxylic acids is 1. The second-order valence-electron chi connectivity index (χ2n) is 6.83. The molecule has 0 bridgehead atoms. The molecule has 6 unspecified atom stereocenters. The molecular weight excluding hydrogens is 294 g/mol. The van der Waals surface area contributed by atoms with Crippen molar-refractivity contribution in [3.63, 3.8) is 0 Å². The molecule has 1 aliphatic carbocycles. The molecule has 0 amide bonds. The molecule has 3 aliphatic rings. The zero-order chi connectivity index (χ0) is 15.8. The van der Waals surface area contributed by atoms with Gasteiger partial charge in [0.1, 0.15) is 0 Å². The summed E-state index contributed by atoms with van der Waals surface area (Å²) >= 11 is 0. The molecule has 6 atom stereocenters. The first kappa shape index (κ1) is 15.0. The first-order valence-corrected chi connectivity index (χ1v) is 8.38. The van der Waals surface area contributed by atoms with E-state index in [1.807, 2.05) is 12.3 Å². The number of hydrogen-bond acceptors (Lipinski definition) is 6. The number of nitrogens with one attached hydrogen (secondary N) is 4. The van der Waals surface area contributed by atoms with Crippen LogP contribution in [0.2, 0.25) is 0 Å². The van der Waals surface area contributed by atoms with Crippen LogP contribution in [0.1, 0.15) is 30.9 Å². The van der Waals surface area contributed by atoms with Crippen LogP contribution in [0, 0.1) is 17.8 Å². The smallest absolute Gasteiger partial charge is 0.308 e. The Bertz CT molecular complexity index is 569. The molecule has 23 heavy (non-hydrogen) atoms. The number of rotatable bonds is 3. The van der Waals surface area contributed by atoms with Gasteiger partial charge in [0.05, 0.1) is 12.0 Å². The van der Waals surface area contributed by atoms with Crippen LogP contribution in [0.4, 0.5) is 0 Å². The topological polar surface area (TPSA) is 98.3 Å². The van der Waals surface area contributed by atoms with Gasteiger partial charge < -0.3 is 5.11 Å². The van der Waals surface area contributed by atoms with Crippen molar-refractivity contribution in [1.82, 2.24) is 26.7 Å². The Morgan fingerprint density at radius 2 is 2.04 bits per heavy atom. The van der Waals surface area contributed by atoms with Gasteiger partial charge in [0.15, 0.2) is 0 Å². The van der Waals surface area contributed by atoms with E-state index in [-0.39, 0.29) is 24.0 Å². The third-order valence-electron chi connectivity index (χ3n) is 5.67. The van der Waals surface area contributed by atoms with E-state index in [0.717, 1.165) is 25.8 Å². The van der Waals surface area contributed by atoms with E-state index >= 15 is 0 Å². The molecule has 4 rings (SSSR count). The van der Waals surface area contributed by atoms with E-state index in [1.54, 1.807) is 6.20 Å². The van der Waals surface area contributed by atoms with Gasteiger partial charge in [-0.1, -0.05) is 12.5 Å². The lowest BCUT2D eigenvalue weighted by molar-refractivity contribution is -0.144. The Morgan fingerprint density at radius 3 is 2.83 bits per heavy atom. The maximum atomic E-state index is 11.5. The molecule has 0 radical (unpaired) electrons. The highest BCUT2D eigenvalue weighted by Gasteiger charge is 2.49. The summed E-state index contributed by atoms with van der Waals surface area (Å²) in [7, 11) is 0. The molecule has 5 N–H and O–H groups in total. The Balaban J connectivity index is 1.55. The maximum Gasteiger partial charge on any atom is 0.308 e. The third kappa shape index (κ3) is 2.63. The first-order chi connectivity index (χ1) is 11.3. The lowest BCUT2D eigenvalue weighted by Crippen LogP contribution is -2.44. The minimum Gasteiger partial charge on any atom is -0.481 e. The van der Waals surface area contributed by atoms with Gasteiger partial charge in [-0.05, 0) is 30.4 Å². The van der Waals surface area contributed by atoms with Crippen molar-refractivity contribution in [2.24, 2.45) is 17.8 Å². The number of fused-ring (bicyclic) bond motifs is 1. The summed E-state index contributed by atoms with van der Waals surface area (Å²) in [5.41, 5.74) is 14.5. The number of pyridine rings is 1. The lowest BCUT2D eigenvalue weighted by Gasteiger charge is -2.35. The fourth-order valence-electron chi connectivity index (χ4n) is 4.58. The monoisotopic (exact) mass is 317 g/mol. The van der Waals surface area contributed by atoms with Gasteiger partial charge in [-0.15, -0.1) is 0 Å². The van der Waals surface area contributed by atoms with Crippen molar-refractivity contribution in [2.75, 3.05) is 6.54 Å². The highest BCUT2D eigenvalue weighted by molar-refractivity contribution is 5.71. The van der Waals surface area contributed by atoms with Crippen LogP contribution in [0.25, 0.3) is 0 Å². The molecule has 3 fully saturated rings. The lowest BCUT2D eigenvalue weighted by atomic mass is 9.71. The van der Waals surface area contributed by atoms with Gasteiger partial charge in [-0.2, -0.15) is 0 Å². The standard InChI is InChI=1S/C16H23N5O2/c22-16(23)11-5-1-4-10-14(11)20-21-15(10)12-8-18-19-13(12)9-3-2-6-17-7-9/h2-3,6-7,10-15,18-21H,1,4-5,8H2,(H,22,23). The van der Waals surface area contributed by atoms with E-state index < -0.39 is 5.97 Å². The van der Waals surface area contributed by atoms with Gasteiger partial charge in [-0.25, -0.2) is 5.43 Å². The van der Waals surface area contributed by atoms with Crippen molar-refractivity contribution < 1.29 is 9.90 Å². The quantitative estimate of drug-likeness (QED) is 0.543. The molecule has 0 spiro atoms. The van der Waals surface area contributed by atoms with Gasteiger partial charge in [0, 0.05) is 36.9 Å². The van der Waals surface area contributed by atoms with E-state index in [1.165, 1.54) is 5.56 Å². The second-order valence-corrected chi connectivity index (χ2v) is 6.83. The van der Waals surface area contributed by atoms with Crippen molar-refractivity contribution >= 4 is 5.97 Å². The van der Waals surface area contributed by atoms with Crippen LogP contribution < -0.4 is 21.7 Å². The molecule has 1 aromatic heterocycles. The van der Waals surface area contributed by atoms with Gasteiger partial charge in [0.25, 0.3) is 0 Å². The Kier molecular flexibility index (Phi) is 4.02. The van der Waals surface area contributed by atoms with Crippen LogP contribution in [0.5, 0.6) is 0 Å². The highest BCUT2D eigenvalue weighted by atomic mass is 16.4. The van der Waals surface area contributed by atoms with Crippen molar-refractivity contribution in [3.05, 3.63) is 30.1 Å². The number of carboxylic acids is 1. The number of hydrogen-bond donors (Lipinski definition) is 5. The summed E-state index contributed by atoms with van der Waals surface area (Å²) < 4.78 is 0. The van der Waals surface area contributed by atoms with Crippen LogP contribution in [-0.2, 0) is 4.79 Å². The molecule has 0 aromatic carbocycles. The van der Waals surface area contributed by atoms with Crippen LogP contribution in [0.3, 0.4) is 0 Å². The molecule has 124 valence electrons. The average Bonchev–Trinajstić information content (AvgIpc) is 3.21. The zero-order valence-electron chi connectivity index (χ0n) is 12.9. The molecule has 3 heterocycles. The fraction of sp³-hybridized carbons (Fsp3) is 0.625. The number of hydrazine groups is 2. The van der Waals surface area contributed by atoms with Crippen molar-refractivity contribution in [2.45, 2.75) is 37.4 Å². The predicted molar refractivity (Wildman–Crippen MR) is 83.9 cm³/mol. The minimum absolute atomic E-state index is 0.0291. The van der Waals surface area contributed by atoms with E-state index in [2.05, 4.69) is 32.8 Å². The van der Waals surface area contributed by atoms with Gasteiger partial charge in [-0.3, -0.25) is 26.1 Å². The summed E-state index contributed by atoms with van der Waals surface area (Å²) in [5.74, 6) is -0.253. The molecular formula is C16H23N5O2. The van der Waals surface area contributed by atoms with Crippen molar-refractivity contribution in [3.8, 4) is 0 Å². The SMILES string of the molecule is O=C(O)C1CCCC2C1NNC2C1CNNC1c1cccnc1. The largest absolute Gasteiger partial charge is 0.481 e. The molecule has 1 saturated carbocycles. The Morgan fingerprint density at radius 1 is 1.17 bits per heavy atom. The molecule has 7 nitrogen and oxygen atoms in total.